The van der Waals surface area contributed by atoms with E-state index < -0.39 is 0 Å². The van der Waals surface area contributed by atoms with Crippen LogP contribution in [0.4, 0.5) is 5.69 Å². The fourth-order valence-corrected chi connectivity index (χ4v) is 3.91. The van der Waals surface area contributed by atoms with Gasteiger partial charge in [-0.25, -0.2) is 9.97 Å². The third-order valence-electron chi connectivity index (χ3n) is 4.68. The Morgan fingerprint density at radius 1 is 1.13 bits per heavy atom. The molecule has 0 saturated carbocycles. The second-order valence-corrected chi connectivity index (χ2v) is 7.71. The van der Waals surface area contributed by atoms with Crippen molar-refractivity contribution in [1.82, 2.24) is 14.5 Å². The zero-order valence-corrected chi connectivity index (χ0v) is 17.8. The van der Waals surface area contributed by atoms with Crippen LogP contribution in [0.2, 0.25) is 0 Å². The molecule has 2 aromatic heterocycles. The third-order valence-corrected chi connectivity index (χ3v) is 5.61. The summed E-state index contributed by atoms with van der Waals surface area (Å²) in [5.41, 5.74) is 2.42. The van der Waals surface area contributed by atoms with Crippen LogP contribution in [-0.4, -0.2) is 33.3 Å². The first kappa shape index (κ1) is 20.6. The van der Waals surface area contributed by atoms with E-state index in [2.05, 4.69) is 15.3 Å². The average Bonchev–Trinajstić information content (AvgIpc) is 2.79. The highest BCUT2D eigenvalue weighted by Gasteiger charge is 2.16. The van der Waals surface area contributed by atoms with Crippen molar-refractivity contribution in [2.24, 2.45) is 0 Å². The van der Waals surface area contributed by atoms with Crippen molar-refractivity contribution < 1.29 is 9.53 Å². The number of thioether (sulfide) groups is 1. The maximum absolute atomic E-state index is 13.3. The summed E-state index contributed by atoms with van der Waals surface area (Å²) in [6, 6.07) is 18.1. The van der Waals surface area contributed by atoms with Crippen LogP contribution >= 0.6 is 11.8 Å². The molecule has 1 N–H and O–H groups in total. The monoisotopic (exact) mass is 432 g/mol. The number of nitrogens with zero attached hydrogens (tertiary/aromatic N) is 3. The van der Waals surface area contributed by atoms with Crippen LogP contribution in [0.3, 0.4) is 0 Å². The fourth-order valence-electron chi connectivity index (χ4n) is 3.10. The summed E-state index contributed by atoms with van der Waals surface area (Å²) >= 11 is 1.18. The van der Waals surface area contributed by atoms with E-state index in [4.69, 9.17) is 4.74 Å². The van der Waals surface area contributed by atoms with Gasteiger partial charge in [0.1, 0.15) is 5.75 Å². The molecule has 4 aromatic rings. The van der Waals surface area contributed by atoms with Gasteiger partial charge in [-0.2, -0.15) is 0 Å². The zero-order valence-electron chi connectivity index (χ0n) is 17.0. The van der Waals surface area contributed by atoms with Crippen molar-refractivity contribution in [3.63, 3.8) is 0 Å². The second-order valence-electron chi connectivity index (χ2n) is 6.76. The van der Waals surface area contributed by atoms with Gasteiger partial charge in [0.05, 0.1) is 23.9 Å². The molecule has 0 aliphatic heterocycles. The molecule has 0 atom stereocenters. The van der Waals surface area contributed by atoms with E-state index in [1.807, 2.05) is 31.2 Å². The van der Waals surface area contributed by atoms with Crippen LogP contribution in [0.5, 0.6) is 5.75 Å². The van der Waals surface area contributed by atoms with Gasteiger partial charge in [0.2, 0.25) is 5.91 Å². The van der Waals surface area contributed by atoms with Gasteiger partial charge in [-0.1, -0.05) is 36.0 Å². The number of carbonyl (C=O) groups excluding carboxylic acids is 1. The number of anilines is 1. The first-order valence-corrected chi connectivity index (χ1v) is 10.6. The molecule has 2 aromatic carbocycles. The molecule has 0 aliphatic carbocycles. The Hall–Kier alpha value is -3.65. The lowest BCUT2D eigenvalue weighted by molar-refractivity contribution is -0.113. The van der Waals surface area contributed by atoms with E-state index in [0.717, 1.165) is 11.3 Å². The minimum atomic E-state index is -0.256. The quantitative estimate of drug-likeness (QED) is 0.368. The van der Waals surface area contributed by atoms with Crippen LogP contribution < -0.4 is 15.6 Å². The van der Waals surface area contributed by atoms with Crippen LogP contribution in [-0.2, 0) is 4.79 Å². The largest absolute Gasteiger partial charge is 0.497 e. The van der Waals surface area contributed by atoms with E-state index in [1.165, 1.54) is 16.3 Å². The number of rotatable bonds is 6. The maximum Gasteiger partial charge on any atom is 0.268 e. The number of methoxy groups -OCH3 is 1. The molecule has 8 heteroatoms. The molecule has 0 unspecified atom stereocenters. The van der Waals surface area contributed by atoms with Crippen LogP contribution in [0, 0.1) is 6.92 Å². The number of aryl methyl sites for hydroxylation is 1. The summed E-state index contributed by atoms with van der Waals surface area (Å²) < 4.78 is 6.78. The van der Waals surface area contributed by atoms with E-state index in [0.29, 0.717) is 27.6 Å². The minimum Gasteiger partial charge on any atom is -0.497 e. The normalized spacial score (nSPS) is 10.8. The Bertz CT molecular complexity index is 1320. The number of para-hydroxylation sites is 1. The number of carbonyl (C=O) groups is 1. The van der Waals surface area contributed by atoms with Gasteiger partial charge < -0.3 is 10.1 Å². The van der Waals surface area contributed by atoms with Gasteiger partial charge in [0, 0.05) is 18.0 Å². The van der Waals surface area contributed by atoms with Crippen molar-refractivity contribution in [1.29, 1.82) is 0 Å². The molecule has 2 heterocycles. The number of pyridine rings is 1. The Morgan fingerprint density at radius 3 is 2.77 bits per heavy atom. The standard InChI is InChI=1S/C23H20N4O3S/c1-15-7-3-4-11-19(15)25-20(28)14-31-23-26-21-18(10-6-12-24-21)22(29)27(23)16-8-5-9-17(13-16)30-2/h3-13H,14H2,1-2H3,(H,25,28). The van der Waals surface area contributed by atoms with Gasteiger partial charge in [-0.3, -0.25) is 14.2 Å². The highest BCUT2D eigenvalue weighted by Crippen LogP contribution is 2.23. The Labute approximate surface area is 183 Å². The van der Waals surface area contributed by atoms with Crippen molar-refractivity contribution >= 4 is 34.4 Å². The van der Waals surface area contributed by atoms with Gasteiger partial charge in [0.15, 0.2) is 10.8 Å². The molecule has 0 aliphatic rings. The summed E-state index contributed by atoms with van der Waals surface area (Å²) in [6.07, 6.45) is 1.59. The number of hydrogen-bond donors (Lipinski definition) is 1. The number of fused-ring (bicyclic) bond motifs is 1. The van der Waals surface area contributed by atoms with E-state index in [9.17, 15) is 9.59 Å². The third kappa shape index (κ3) is 4.44. The number of aromatic nitrogens is 3. The molecule has 0 spiro atoms. The summed E-state index contributed by atoms with van der Waals surface area (Å²) in [5.74, 6) is 0.513. The Balaban J connectivity index is 1.70. The Morgan fingerprint density at radius 2 is 1.97 bits per heavy atom. The van der Waals surface area contributed by atoms with Crippen molar-refractivity contribution in [3.8, 4) is 11.4 Å². The number of hydrogen-bond acceptors (Lipinski definition) is 6. The molecule has 7 nitrogen and oxygen atoms in total. The summed E-state index contributed by atoms with van der Waals surface area (Å²) in [7, 11) is 1.57. The second kappa shape index (κ2) is 9.01. The number of ether oxygens (including phenoxy) is 1. The SMILES string of the molecule is COc1cccc(-n2c(SCC(=O)Nc3ccccc3C)nc3ncccc3c2=O)c1. The number of amides is 1. The molecule has 4 rings (SSSR count). The molecule has 1 amide bonds. The van der Waals surface area contributed by atoms with Crippen LogP contribution in [0.15, 0.2) is 76.8 Å². The predicted molar refractivity (Wildman–Crippen MR) is 122 cm³/mol. The first-order chi connectivity index (χ1) is 15.1. The highest BCUT2D eigenvalue weighted by molar-refractivity contribution is 7.99. The smallest absolute Gasteiger partial charge is 0.268 e. The van der Waals surface area contributed by atoms with Crippen molar-refractivity contribution in [2.45, 2.75) is 12.1 Å². The van der Waals surface area contributed by atoms with E-state index >= 15 is 0 Å². The molecule has 31 heavy (non-hydrogen) atoms. The molecule has 0 saturated heterocycles. The van der Waals surface area contributed by atoms with Crippen molar-refractivity contribution in [3.05, 3.63) is 82.8 Å². The average molecular weight is 433 g/mol. The lowest BCUT2D eigenvalue weighted by Gasteiger charge is -2.14. The predicted octanol–water partition coefficient (Wildman–Crippen LogP) is 3.83. The van der Waals surface area contributed by atoms with Crippen LogP contribution in [0.1, 0.15) is 5.56 Å². The Kier molecular flexibility index (Phi) is 5.99. The summed E-state index contributed by atoms with van der Waals surface area (Å²) in [4.78, 5) is 34.6. The number of nitrogens with one attached hydrogen (secondary N) is 1. The summed E-state index contributed by atoms with van der Waals surface area (Å²) in [5, 5.41) is 3.68. The molecular formula is C23H20N4O3S. The highest BCUT2D eigenvalue weighted by atomic mass is 32.2. The fraction of sp³-hybridized carbons (Fsp3) is 0.130. The first-order valence-electron chi connectivity index (χ1n) is 9.57. The van der Waals surface area contributed by atoms with Gasteiger partial charge in [-0.15, -0.1) is 0 Å². The van der Waals surface area contributed by atoms with E-state index in [1.54, 1.807) is 49.7 Å². The van der Waals surface area contributed by atoms with Gasteiger partial charge >= 0.3 is 0 Å². The lowest BCUT2D eigenvalue weighted by atomic mass is 10.2. The van der Waals surface area contributed by atoms with Crippen LogP contribution in [0.25, 0.3) is 16.7 Å². The molecule has 0 radical (unpaired) electrons. The van der Waals surface area contributed by atoms with E-state index in [-0.39, 0.29) is 17.2 Å². The zero-order chi connectivity index (χ0) is 21.8. The molecular weight excluding hydrogens is 412 g/mol. The van der Waals surface area contributed by atoms with Gasteiger partial charge in [-0.05, 0) is 42.8 Å². The van der Waals surface area contributed by atoms with Crippen molar-refractivity contribution in [2.75, 3.05) is 18.2 Å². The summed E-state index contributed by atoms with van der Waals surface area (Å²) in [6.45, 7) is 1.93. The maximum atomic E-state index is 13.3. The number of benzene rings is 2. The van der Waals surface area contributed by atoms with Gasteiger partial charge in [0.25, 0.3) is 5.56 Å². The molecule has 0 bridgehead atoms. The lowest BCUT2D eigenvalue weighted by Crippen LogP contribution is -2.23. The topological polar surface area (TPSA) is 86.1 Å². The molecule has 156 valence electrons. The molecule has 0 fully saturated rings. The minimum absolute atomic E-state index is 0.0864.